The summed E-state index contributed by atoms with van der Waals surface area (Å²) in [5.41, 5.74) is 0. The van der Waals surface area contributed by atoms with Gasteiger partial charge in [0.05, 0.1) is 5.75 Å². The van der Waals surface area contributed by atoms with Crippen LogP contribution in [0.15, 0.2) is 5.16 Å². The first-order chi connectivity index (χ1) is 13.3. The van der Waals surface area contributed by atoms with Crippen LogP contribution in [0.4, 0.5) is 5.95 Å². The Labute approximate surface area is 174 Å². The van der Waals surface area contributed by atoms with E-state index in [0.717, 1.165) is 43.2 Å². The van der Waals surface area contributed by atoms with Gasteiger partial charge in [0.15, 0.2) is 5.16 Å². The molecule has 1 amide bonds. The number of nitrogens with zero attached hydrogens (tertiary/aromatic N) is 5. The highest BCUT2D eigenvalue weighted by Gasteiger charge is 2.33. The fourth-order valence-corrected chi connectivity index (χ4v) is 4.73. The van der Waals surface area contributed by atoms with Gasteiger partial charge >= 0.3 is 0 Å². The van der Waals surface area contributed by atoms with Crippen LogP contribution in [-0.4, -0.2) is 57.5 Å². The molecular formula is C21H37N5OS. The fourth-order valence-electron chi connectivity index (χ4n) is 3.82. The molecule has 7 heteroatoms. The molecular weight excluding hydrogens is 370 g/mol. The molecule has 0 atom stereocenters. The molecule has 1 aliphatic carbocycles. The van der Waals surface area contributed by atoms with Crippen molar-refractivity contribution < 1.29 is 4.79 Å². The average Bonchev–Trinajstić information content (AvgIpc) is 3.38. The van der Waals surface area contributed by atoms with Crippen molar-refractivity contribution in [3.63, 3.8) is 0 Å². The summed E-state index contributed by atoms with van der Waals surface area (Å²) < 4.78 is 2.31. The van der Waals surface area contributed by atoms with E-state index >= 15 is 0 Å². The highest BCUT2D eigenvalue weighted by atomic mass is 32.2. The van der Waals surface area contributed by atoms with E-state index in [0.29, 0.717) is 23.6 Å². The second-order valence-electron chi connectivity index (χ2n) is 9.43. The van der Waals surface area contributed by atoms with Crippen molar-refractivity contribution in [2.45, 2.75) is 71.5 Å². The number of amides is 1. The van der Waals surface area contributed by atoms with Crippen LogP contribution >= 0.6 is 11.8 Å². The highest BCUT2D eigenvalue weighted by molar-refractivity contribution is 7.99. The molecule has 0 N–H and O–H groups in total. The Hall–Kier alpha value is -1.24. The van der Waals surface area contributed by atoms with Gasteiger partial charge in [-0.3, -0.25) is 9.36 Å². The van der Waals surface area contributed by atoms with Crippen molar-refractivity contribution in [1.82, 2.24) is 19.7 Å². The Kier molecular flexibility index (Phi) is 7.29. The number of hydrogen-bond acceptors (Lipinski definition) is 5. The summed E-state index contributed by atoms with van der Waals surface area (Å²) >= 11 is 1.56. The van der Waals surface area contributed by atoms with Crippen molar-refractivity contribution in [3.05, 3.63) is 0 Å². The van der Waals surface area contributed by atoms with Crippen LogP contribution in [0.2, 0.25) is 0 Å². The Morgan fingerprint density at radius 1 is 1.07 bits per heavy atom. The average molecular weight is 408 g/mol. The van der Waals surface area contributed by atoms with Gasteiger partial charge in [-0.1, -0.05) is 46.4 Å². The number of carbonyl (C=O) groups is 1. The molecule has 2 fully saturated rings. The van der Waals surface area contributed by atoms with Gasteiger partial charge in [0.2, 0.25) is 11.9 Å². The number of aromatic nitrogens is 3. The highest BCUT2D eigenvalue weighted by Crippen LogP contribution is 2.41. The van der Waals surface area contributed by atoms with Crippen LogP contribution < -0.4 is 4.90 Å². The van der Waals surface area contributed by atoms with Crippen LogP contribution in [0, 0.1) is 17.8 Å². The van der Waals surface area contributed by atoms with Gasteiger partial charge in [-0.05, 0) is 43.4 Å². The SMILES string of the molecule is CC(C)CN(CC(C)C)C(=O)CSc1nnc(N2CCC(C)CC2)n1C1CC1. The van der Waals surface area contributed by atoms with E-state index < -0.39 is 0 Å². The Balaban J connectivity index is 1.66. The van der Waals surface area contributed by atoms with Gasteiger partial charge in [0, 0.05) is 32.2 Å². The fraction of sp³-hybridized carbons (Fsp3) is 0.857. The third-order valence-corrected chi connectivity index (χ3v) is 6.40. The summed E-state index contributed by atoms with van der Waals surface area (Å²) in [7, 11) is 0. The number of hydrogen-bond donors (Lipinski definition) is 0. The molecule has 0 spiro atoms. The van der Waals surface area contributed by atoms with Crippen molar-refractivity contribution in [1.29, 1.82) is 0 Å². The standard InChI is InChI=1S/C21H37N5OS/c1-15(2)12-25(13-16(3)4)19(27)14-28-21-23-22-20(26(21)18-6-7-18)24-10-8-17(5)9-11-24/h15-18H,6-14H2,1-5H3. The Morgan fingerprint density at radius 2 is 1.68 bits per heavy atom. The molecule has 6 nitrogen and oxygen atoms in total. The zero-order valence-electron chi connectivity index (χ0n) is 18.2. The van der Waals surface area contributed by atoms with E-state index in [1.807, 2.05) is 4.90 Å². The number of anilines is 1. The van der Waals surface area contributed by atoms with Gasteiger partial charge in [0.25, 0.3) is 0 Å². The number of piperidine rings is 1. The molecule has 2 heterocycles. The van der Waals surface area contributed by atoms with E-state index in [9.17, 15) is 4.79 Å². The molecule has 158 valence electrons. The maximum atomic E-state index is 12.9. The van der Waals surface area contributed by atoms with Crippen LogP contribution in [0.3, 0.4) is 0 Å². The molecule has 2 aliphatic rings. The van der Waals surface area contributed by atoms with Crippen molar-refractivity contribution in [3.8, 4) is 0 Å². The van der Waals surface area contributed by atoms with Crippen LogP contribution in [0.25, 0.3) is 0 Å². The van der Waals surface area contributed by atoms with E-state index in [1.165, 1.54) is 25.7 Å². The van der Waals surface area contributed by atoms with Gasteiger partial charge in [-0.2, -0.15) is 0 Å². The van der Waals surface area contributed by atoms with Gasteiger partial charge in [-0.25, -0.2) is 0 Å². The van der Waals surface area contributed by atoms with Crippen LogP contribution in [0.5, 0.6) is 0 Å². The predicted octanol–water partition coefficient (Wildman–Crippen LogP) is 4.08. The Morgan fingerprint density at radius 3 is 2.21 bits per heavy atom. The van der Waals surface area contributed by atoms with Gasteiger partial charge in [0.1, 0.15) is 0 Å². The Bertz CT molecular complexity index is 637. The summed E-state index contributed by atoms with van der Waals surface area (Å²) in [6.45, 7) is 14.8. The van der Waals surface area contributed by atoms with E-state index in [-0.39, 0.29) is 5.91 Å². The smallest absolute Gasteiger partial charge is 0.233 e. The molecule has 28 heavy (non-hydrogen) atoms. The summed E-state index contributed by atoms with van der Waals surface area (Å²) in [5, 5.41) is 9.94. The first-order valence-corrected chi connectivity index (χ1v) is 11.9. The largest absolute Gasteiger partial charge is 0.341 e. The molecule has 0 radical (unpaired) electrons. The second-order valence-corrected chi connectivity index (χ2v) is 10.4. The zero-order chi connectivity index (χ0) is 20.3. The molecule has 0 aromatic carbocycles. The second kappa shape index (κ2) is 9.51. The summed E-state index contributed by atoms with van der Waals surface area (Å²) in [4.78, 5) is 17.3. The van der Waals surface area contributed by atoms with Crippen molar-refractivity contribution in [2.24, 2.45) is 17.8 Å². The minimum Gasteiger partial charge on any atom is -0.341 e. The maximum absolute atomic E-state index is 12.9. The lowest BCUT2D eigenvalue weighted by Crippen LogP contribution is -2.38. The van der Waals surface area contributed by atoms with Crippen molar-refractivity contribution in [2.75, 3.05) is 36.8 Å². The first kappa shape index (κ1) is 21.5. The summed E-state index contributed by atoms with van der Waals surface area (Å²) in [5.74, 6) is 3.44. The molecule has 1 aromatic rings. The van der Waals surface area contributed by atoms with E-state index in [1.54, 1.807) is 11.8 Å². The molecule has 1 saturated carbocycles. The maximum Gasteiger partial charge on any atom is 0.233 e. The molecule has 1 saturated heterocycles. The lowest BCUT2D eigenvalue weighted by atomic mass is 10.00. The lowest BCUT2D eigenvalue weighted by molar-refractivity contribution is -0.129. The van der Waals surface area contributed by atoms with Crippen molar-refractivity contribution >= 4 is 23.6 Å². The summed E-state index contributed by atoms with van der Waals surface area (Å²) in [6.07, 6.45) is 4.84. The monoisotopic (exact) mass is 407 g/mol. The quantitative estimate of drug-likeness (QED) is 0.577. The van der Waals surface area contributed by atoms with Gasteiger partial charge < -0.3 is 9.80 Å². The van der Waals surface area contributed by atoms with Gasteiger partial charge in [-0.15, -0.1) is 10.2 Å². The third-order valence-electron chi connectivity index (χ3n) is 5.47. The lowest BCUT2D eigenvalue weighted by Gasteiger charge is -2.31. The van der Waals surface area contributed by atoms with E-state index in [4.69, 9.17) is 0 Å². The minimum atomic E-state index is 0.214. The normalized spacial score (nSPS) is 18.3. The first-order valence-electron chi connectivity index (χ1n) is 11.0. The number of rotatable bonds is 9. The predicted molar refractivity (Wildman–Crippen MR) is 116 cm³/mol. The zero-order valence-corrected chi connectivity index (χ0v) is 19.0. The summed E-state index contributed by atoms with van der Waals surface area (Å²) in [6, 6.07) is 0.518. The van der Waals surface area contributed by atoms with E-state index in [2.05, 4.69) is 54.3 Å². The topological polar surface area (TPSA) is 54.3 Å². The van der Waals surface area contributed by atoms with Crippen LogP contribution in [0.1, 0.15) is 66.3 Å². The number of carbonyl (C=O) groups excluding carboxylic acids is 1. The number of thioether (sulfide) groups is 1. The third kappa shape index (κ3) is 5.65. The molecule has 1 aromatic heterocycles. The minimum absolute atomic E-state index is 0.214. The molecule has 0 unspecified atom stereocenters. The van der Waals surface area contributed by atoms with Crippen LogP contribution in [-0.2, 0) is 4.79 Å². The molecule has 1 aliphatic heterocycles. The molecule has 0 bridgehead atoms. The molecule has 3 rings (SSSR count).